The van der Waals surface area contributed by atoms with Crippen LogP contribution in [0.25, 0.3) is 0 Å². The van der Waals surface area contributed by atoms with Crippen LogP contribution in [0.3, 0.4) is 0 Å². The number of carbonyl (C=O) groups is 1. The van der Waals surface area contributed by atoms with Crippen molar-refractivity contribution in [3.05, 3.63) is 12.7 Å². The Hall–Kier alpha value is -0.493. The van der Waals surface area contributed by atoms with Gasteiger partial charge in [0.25, 0.3) is 0 Å². The standard InChI is InChI=1S/C9H18O4Si/c1-6-8(10)9(7-2)14(11-3,12-4)13-5/h6,9H,1,7H2,2-5H3. The van der Waals surface area contributed by atoms with E-state index in [4.69, 9.17) is 13.3 Å². The quantitative estimate of drug-likeness (QED) is 0.478. The molecule has 0 amide bonds. The Bertz CT molecular complexity index is 193. The minimum absolute atomic E-state index is 0.0929. The Morgan fingerprint density at radius 2 is 1.79 bits per heavy atom. The van der Waals surface area contributed by atoms with E-state index in [0.29, 0.717) is 6.42 Å². The average Bonchev–Trinajstić information content (AvgIpc) is 2.25. The van der Waals surface area contributed by atoms with Crippen LogP contribution in [0.1, 0.15) is 13.3 Å². The van der Waals surface area contributed by atoms with Crippen LogP contribution in [0.4, 0.5) is 0 Å². The van der Waals surface area contributed by atoms with E-state index >= 15 is 0 Å². The van der Waals surface area contributed by atoms with Gasteiger partial charge in [0.2, 0.25) is 0 Å². The normalized spacial score (nSPS) is 13.7. The molecule has 0 N–H and O–H groups in total. The van der Waals surface area contributed by atoms with Gasteiger partial charge in [-0.3, -0.25) is 4.79 Å². The van der Waals surface area contributed by atoms with Crippen molar-refractivity contribution in [2.24, 2.45) is 0 Å². The molecule has 0 spiro atoms. The summed E-state index contributed by atoms with van der Waals surface area (Å²) in [5, 5.41) is 0. The van der Waals surface area contributed by atoms with Crippen molar-refractivity contribution in [3.8, 4) is 0 Å². The summed E-state index contributed by atoms with van der Waals surface area (Å²) in [6.07, 6.45) is 1.90. The van der Waals surface area contributed by atoms with Crippen molar-refractivity contribution < 1.29 is 18.1 Å². The lowest BCUT2D eigenvalue weighted by Crippen LogP contribution is -2.49. The predicted octanol–water partition coefficient (Wildman–Crippen LogP) is 1.40. The Balaban J connectivity index is 4.92. The van der Waals surface area contributed by atoms with Gasteiger partial charge in [0.1, 0.15) is 0 Å². The van der Waals surface area contributed by atoms with E-state index in [-0.39, 0.29) is 11.3 Å². The molecule has 1 atom stereocenters. The van der Waals surface area contributed by atoms with E-state index in [1.807, 2.05) is 6.92 Å². The molecule has 0 radical (unpaired) electrons. The Morgan fingerprint density at radius 1 is 1.36 bits per heavy atom. The summed E-state index contributed by atoms with van der Waals surface area (Å²) in [6.45, 7) is 5.35. The summed E-state index contributed by atoms with van der Waals surface area (Å²) in [5.41, 5.74) is -0.361. The summed E-state index contributed by atoms with van der Waals surface area (Å²) in [7, 11) is 1.64. The van der Waals surface area contributed by atoms with Gasteiger partial charge < -0.3 is 13.3 Å². The molecule has 0 rings (SSSR count). The highest BCUT2D eigenvalue weighted by atomic mass is 28.4. The fraction of sp³-hybridized carbons (Fsp3) is 0.667. The van der Waals surface area contributed by atoms with Crippen LogP contribution in [-0.4, -0.2) is 35.9 Å². The second kappa shape index (κ2) is 6.08. The van der Waals surface area contributed by atoms with Crippen molar-refractivity contribution in [2.45, 2.75) is 18.9 Å². The highest BCUT2D eigenvalue weighted by molar-refractivity contribution is 6.66. The van der Waals surface area contributed by atoms with Crippen LogP contribution in [0.2, 0.25) is 5.54 Å². The summed E-state index contributed by atoms with van der Waals surface area (Å²) in [6, 6.07) is 0. The van der Waals surface area contributed by atoms with Gasteiger partial charge in [-0.05, 0) is 12.5 Å². The lowest BCUT2D eigenvalue weighted by molar-refractivity contribution is -0.115. The number of ketones is 1. The molecule has 0 aliphatic carbocycles. The zero-order chi connectivity index (χ0) is 11.2. The first-order chi connectivity index (χ1) is 6.61. The molecule has 0 bridgehead atoms. The number of carbonyl (C=O) groups excluding carboxylic acids is 1. The molecule has 82 valence electrons. The van der Waals surface area contributed by atoms with Gasteiger partial charge in [0.15, 0.2) is 5.78 Å². The fourth-order valence-corrected chi connectivity index (χ4v) is 3.76. The molecule has 0 saturated heterocycles. The molecule has 0 fully saturated rings. The molecular weight excluding hydrogens is 200 g/mol. The maximum Gasteiger partial charge on any atom is 0.511 e. The minimum atomic E-state index is -2.85. The highest BCUT2D eigenvalue weighted by Crippen LogP contribution is 2.28. The second-order valence-electron chi connectivity index (χ2n) is 2.78. The maximum absolute atomic E-state index is 11.5. The third-order valence-corrected chi connectivity index (χ3v) is 5.49. The summed E-state index contributed by atoms with van der Waals surface area (Å²) in [4.78, 5) is 11.5. The third-order valence-electron chi connectivity index (χ3n) is 2.23. The lowest BCUT2D eigenvalue weighted by atomic mass is 10.2. The van der Waals surface area contributed by atoms with Crippen LogP contribution < -0.4 is 0 Å². The van der Waals surface area contributed by atoms with Crippen molar-refractivity contribution in [2.75, 3.05) is 21.3 Å². The molecule has 0 aromatic heterocycles. The summed E-state index contributed by atoms with van der Waals surface area (Å²) >= 11 is 0. The van der Waals surface area contributed by atoms with E-state index in [2.05, 4.69) is 6.58 Å². The Kier molecular flexibility index (Phi) is 5.86. The van der Waals surface area contributed by atoms with E-state index in [9.17, 15) is 4.79 Å². The van der Waals surface area contributed by atoms with Gasteiger partial charge in [-0.25, -0.2) is 0 Å². The molecule has 0 aliphatic heterocycles. The van der Waals surface area contributed by atoms with Gasteiger partial charge >= 0.3 is 8.80 Å². The number of hydrogen-bond acceptors (Lipinski definition) is 4. The molecule has 0 heterocycles. The molecular formula is C9H18O4Si. The maximum atomic E-state index is 11.5. The molecule has 0 saturated carbocycles. The largest absolute Gasteiger partial charge is 0.511 e. The van der Waals surface area contributed by atoms with Gasteiger partial charge in [0.05, 0.1) is 5.54 Å². The zero-order valence-electron chi connectivity index (χ0n) is 9.20. The first kappa shape index (κ1) is 13.5. The molecule has 4 nitrogen and oxygen atoms in total. The number of hydrogen-bond donors (Lipinski definition) is 0. The summed E-state index contributed by atoms with van der Waals surface area (Å²) < 4.78 is 15.7. The van der Waals surface area contributed by atoms with Crippen LogP contribution in [0.5, 0.6) is 0 Å². The number of rotatable bonds is 7. The molecule has 0 aliphatic rings. The molecule has 5 heteroatoms. The van der Waals surface area contributed by atoms with Crippen molar-refractivity contribution in [1.82, 2.24) is 0 Å². The SMILES string of the molecule is C=CC(=O)C(CC)[Si](OC)(OC)OC. The van der Waals surface area contributed by atoms with E-state index in [1.54, 1.807) is 0 Å². The van der Waals surface area contributed by atoms with Crippen molar-refractivity contribution in [1.29, 1.82) is 0 Å². The van der Waals surface area contributed by atoms with Crippen LogP contribution >= 0.6 is 0 Å². The van der Waals surface area contributed by atoms with E-state index < -0.39 is 8.80 Å². The topological polar surface area (TPSA) is 44.8 Å². The Labute approximate surface area is 86.2 Å². The fourth-order valence-electron chi connectivity index (χ4n) is 1.44. The van der Waals surface area contributed by atoms with Gasteiger partial charge in [-0.15, -0.1) is 0 Å². The van der Waals surface area contributed by atoms with Crippen LogP contribution in [-0.2, 0) is 18.1 Å². The molecule has 0 aromatic carbocycles. The predicted molar refractivity (Wildman–Crippen MR) is 56.0 cm³/mol. The summed E-state index contributed by atoms with van der Waals surface area (Å²) in [5.74, 6) is -0.0929. The first-order valence-electron chi connectivity index (χ1n) is 4.43. The minimum Gasteiger partial charge on any atom is -0.376 e. The molecule has 0 aromatic rings. The van der Waals surface area contributed by atoms with Crippen molar-refractivity contribution >= 4 is 14.6 Å². The van der Waals surface area contributed by atoms with Gasteiger partial charge in [-0.2, -0.15) is 0 Å². The first-order valence-corrected chi connectivity index (χ1v) is 6.23. The van der Waals surface area contributed by atoms with Crippen LogP contribution in [0, 0.1) is 0 Å². The Morgan fingerprint density at radius 3 is 2.00 bits per heavy atom. The third kappa shape index (κ3) is 2.51. The van der Waals surface area contributed by atoms with E-state index in [1.165, 1.54) is 27.4 Å². The van der Waals surface area contributed by atoms with Crippen molar-refractivity contribution in [3.63, 3.8) is 0 Å². The second-order valence-corrected chi connectivity index (χ2v) is 5.91. The van der Waals surface area contributed by atoms with E-state index in [0.717, 1.165) is 0 Å². The number of allylic oxidation sites excluding steroid dienone is 1. The van der Waals surface area contributed by atoms with Gasteiger partial charge in [0, 0.05) is 21.3 Å². The average molecular weight is 218 g/mol. The molecule has 1 unspecified atom stereocenters. The smallest absolute Gasteiger partial charge is 0.376 e. The lowest BCUT2D eigenvalue weighted by Gasteiger charge is -2.30. The van der Waals surface area contributed by atoms with Crippen LogP contribution in [0.15, 0.2) is 12.7 Å². The van der Waals surface area contributed by atoms with Gasteiger partial charge in [-0.1, -0.05) is 13.5 Å². The zero-order valence-corrected chi connectivity index (χ0v) is 10.2. The highest BCUT2D eigenvalue weighted by Gasteiger charge is 2.49. The molecule has 14 heavy (non-hydrogen) atoms. The monoisotopic (exact) mass is 218 g/mol.